The van der Waals surface area contributed by atoms with E-state index in [1.165, 1.54) is 0 Å². The Bertz CT molecular complexity index is 508. The lowest BCUT2D eigenvalue weighted by molar-refractivity contribution is 0.101. The van der Waals surface area contributed by atoms with Crippen LogP contribution in [-0.2, 0) is 6.42 Å². The molecule has 5 heteroatoms. The summed E-state index contributed by atoms with van der Waals surface area (Å²) in [5.41, 5.74) is 2.75. The summed E-state index contributed by atoms with van der Waals surface area (Å²) in [5, 5.41) is 0. The molecule has 2 aromatic rings. The van der Waals surface area contributed by atoms with Gasteiger partial charge in [0.05, 0.1) is 10.3 Å². The molecule has 0 aliphatic rings. The maximum absolute atomic E-state index is 11.1. The first-order valence-electron chi connectivity index (χ1n) is 4.78. The molecule has 2 rings (SSSR count). The first-order valence-corrected chi connectivity index (χ1v) is 6.36. The van der Waals surface area contributed by atoms with Gasteiger partial charge < -0.3 is 9.97 Å². The van der Waals surface area contributed by atoms with E-state index in [0.29, 0.717) is 5.69 Å². The van der Waals surface area contributed by atoms with Crippen LogP contribution >= 0.6 is 31.9 Å². The molecule has 84 valence electrons. The number of rotatable bonds is 3. The zero-order valence-corrected chi connectivity index (χ0v) is 11.8. The van der Waals surface area contributed by atoms with Gasteiger partial charge in [-0.25, -0.2) is 0 Å². The number of carbonyl (C=O) groups excluding carboxylic acids is 1. The van der Waals surface area contributed by atoms with E-state index < -0.39 is 0 Å². The fourth-order valence-electron chi connectivity index (χ4n) is 1.50. The average molecular weight is 346 g/mol. The van der Waals surface area contributed by atoms with Crippen molar-refractivity contribution in [1.29, 1.82) is 0 Å². The van der Waals surface area contributed by atoms with E-state index >= 15 is 0 Å². The van der Waals surface area contributed by atoms with Crippen LogP contribution in [-0.4, -0.2) is 15.8 Å². The molecule has 0 aliphatic heterocycles. The Kier molecular flexibility index (Phi) is 3.35. The quantitative estimate of drug-likeness (QED) is 0.819. The molecule has 0 fully saturated rings. The molecule has 0 aromatic carbocycles. The predicted molar refractivity (Wildman–Crippen MR) is 69.8 cm³/mol. The molecule has 0 bridgehead atoms. The molecule has 3 nitrogen and oxygen atoms in total. The van der Waals surface area contributed by atoms with Gasteiger partial charge in [-0.15, -0.1) is 0 Å². The van der Waals surface area contributed by atoms with Crippen molar-refractivity contribution in [3.63, 3.8) is 0 Å². The van der Waals surface area contributed by atoms with Gasteiger partial charge in [0.2, 0.25) is 0 Å². The Morgan fingerprint density at radius 3 is 2.50 bits per heavy atom. The van der Waals surface area contributed by atoms with Gasteiger partial charge in [-0.2, -0.15) is 0 Å². The van der Waals surface area contributed by atoms with Gasteiger partial charge in [0.15, 0.2) is 5.78 Å². The second-order valence-electron chi connectivity index (χ2n) is 3.59. The third-order valence-corrected chi connectivity index (χ3v) is 4.07. The number of H-pyrrole nitrogens is 2. The van der Waals surface area contributed by atoms with E-state index in [1.807, 2.05) is 18.2 Å². The summed E-state index contributed by atoms with van der Waals surface area (Å²) in [4.78, 5) is 17.4. The van der Waals surface area contributed by atoms with Crippen LogP contribution in [0.1, 0.15) is 28.8 Å². The lowest BCUT2D eigenvalue weighted by Gasteiger charge is -1.94. The second kappa shape index (κ2) is 4.59. The highest BCUT2D eigenvalue weighted by Gasteiger charge is 2.07. The largest absolute Gasteiger partial charge is 0.356 e. The summed E-state index contributed by atoms with van der Waals surface area (Å²) in [6.07, 6.45) is 0.747. The molecule has 0 spiro atoms. The van der Waals surface area contributed by atoms with E-state index in [2.05, 4.69) is 41.8 Å². The highest BCUT2D eigenvalue weighted by atomic mass is 79.9. The summed E-state index contributed by atoms with van der Waals surface area (Å²) in [5.74, 6) is 0.0556. The molecule has 2 N–H and O–H groups in total. The third kappa shape index (κ3) is 2.47. The minimum absolute atomic E-state index is 0.0556. The second-order valence-corrected chi connectivity index (χ2v) is 5.23. The molecule has 0 unspecified atom stereocenters. The monoisotopic (exact) mass is 344 g/mol. The van der Waals surface area contributed by atoms with Gasteiger partial charge in [-0.1, -0.05) is 0 Å². The molecule has 2 aromatic heterocycles. The van der Waals surface area contributed by atoms with Gasteiger partial charge in [0.25, 0.3) is 0 Å². The maximum atomic E-state index is 11.1. The van der Waals surface area contributed by atoms with E-state index in [9.17, 15) is 4.79 Å². The summed E-state index contributed by atoms with van der Waals surface area (Å²) in [6.45, 7) is 1.55. The van der Waals surface area contributed by atoms with Crippen molar-refractivity contribution in [2.45, 2.75) is 13.3 Å². The molecule has 2 heterocycles. The number of hydrogen-bond donors (Lipinski definition) is 2. The SMILES string of the molecule is CC(=O)c1ccc(Cc2cc(Br)c(Br)[nH]2)[nH]1. The van der Waals surface area contributed by atoms with Crippen molar-refractivity contribution in [3.8, 4) is 0 Å². The number of aromatic amines is 2. The third-order valence-electron chi connectivity index (χ3n) is 2.29. The Morgan fingerprint density at radius 2 is 2.00 bits per heavy atom. The number of hydrogen-bond acceptors (Lipinski definition) is 1. The van der Waals surface area contributed by atoms with Crippen molar-refractivity contribution in [2.75, 3.05) is 0 Å². The number of carbonyl (C=O) groups is 1. The first-order chi connectivity index (χ1) is 7.56. The number of ketones is 1. The van der Waals surface area contributed by atoms with Crippen LogP contribution < -0.4 is 0 Å². The van der Waals surface area contributed by atoms with E-state index in [-0.39, 0.29) is 5.78 Å². The zero-order chi connectivity index (χ0) is 11.7. The normalized spacial score (nSPS) is 10.7. The molecule has 0 saturated carbocycles. The lowest BCUT2D eigenvalue weighted by Crippen LogP contribution is -1.93. The van der Waals surface area contributed by atoms with Crippen molar-refractivity contribution in [3.05, 3.63) is 44.4 Å². The Hall–Kier alpha value is -0.810. The Labute approximate surface area is 110 Å². The molecular formula is C11H10Br2N2O. The zero-order valence-electron chi connectivity index (χ0n) is 8.60. The van der Waals surface area contributed by atoms with E-state index in [0.717, 1.165) is 26.9 Å². The minimum Gasteiger partial charge on any atom is -0.356 e. The fraction of sp³-hybridized carbons (Fsp3) is 0.182. The number of aromatic nitrogens is 2. The van der Waals surface area contributed by atoms with E-state index in [1.54, 1.807) is 6.92 Å². The molecule has 0 aliphatic carbocycles. The number of Topliss-reactive ketones (excluding diaryl/α,β-unsaturated/α-hetero) is 1. The van der Waals surface area contributed by atoms with Gasteiger partial charge in [-0.3, -0.25) is 4.79 Å². The highest BCUT2D eigenvalue weighted by Crippen LogP contribution is 2.24. The van der Waals surface area contributed by atoms with Crippen LogP contribution in [0, 0.1) is 0 Å². The molecule has 0 amide bonds. The van der Waals surface area contributed by atoms with E-state index in [4.69, 9.17) is 0 Å². The smallest absolute Gasteiger partial charge is 0.175 e. The van der Waals surface area contributed by atoms with Crippen LogP contribution in [0.3, 0.4) is 0 Å². The van der Waals surface area contributed by atoms with Gasteiger partial charge in [-0.05, 0) is 50.1 Å². The average Bonchev–Trinajstić information content (AvgIpc) is 2.76. The fourth-order valence-corrected chi connectivity index (χ4v) is 2.25. The molecule has 0 radical (unpaired) electrons. The van der Waals surface area contributed by atoms with Gasteiger partial charge in [0, 0.05) is 29.2 Å². The van der Waals surface area contributed by atoms with Crippen LogP contribution in [0.4, 0.5) is 0 Å². The maximum Gasteiger partial charge on any atom is 0.175 e. The summed E-state index contributed by atoms with van der Waals surface area (Å²) < 4.78 is 1.93. The summed E-state index contributed by atoms with van der Waals surface area (Å²) >= 11 is 6.81. The molecular weight excluding hydrogens is 336 g/mol. The number of halogens is 2. The highest BCUT2D eigenvalue weighted by molar-refractivity contribution is 9.13. The topological polar surface area (TPSA) is 48.6 Å². The number of nitrogens with one attached hydrogen (secondary N) is 2. The van der Waals surface area contributed by atoms with Crippen LogP contribution in [0.5, 0.6) is 0 Å². The Balaban J connectivity index is 2.17. The van der Waals surface area contributed by atoms with Crippen molar-refractivity contribution in [1.82, 2.24) is 9.97 Å². The van der Waals surface area contributed by atoms with Crippen molar-refractivity contribution in [2.24, 2.45) is 0 Å². The van der Waals surface area contributed by atoms with Crippen molar-refractivity contribution >= 4 is 37.6 Å². The molecule has 16 heavy (non-hydrogen) atoms. The summed E-state index contributed by atoms with van der Waals surface area (Å²) in [7, 11) is 0. The summed E-state index contributed by atoms with van der Waals surface area (Å²) in [6, 6.07) is 5.75. The van der Waals surface area contributed by atoms with Crippen molar-refractivity contribution < 1.29 is 4.79 Å². The van der Waals surface area contributed by atoms with Gasteiger partial charge >= 0.3 is 0 Å². The van der Waals surface area contributed by atoms with Crippen LogP contribution in [0.25, 0.3) is 0 Å². The minimum atomic E-state index is 0.0556. The predicted octanol–water partition coefficient (Wildman–Crippen LogP) is 3.66. The van der Waals surface area contributed by atoms with Crippen LogP contribution in [0.2, 0.25) is 0 Å². The van der Waals surface area contributed by atoms with Gasteiger partial charge in [0.1, 0.15) is 0 Å². The standard InChI is InChI=1S/C11H10Br2N2O/c1-6(16)10-3-2-7(14-10)4-8-5-9(12)11(13)15-8/h2-3,5,14-15H,4H2,1H3. The molecule has 0 saturated heterocycles. The molecule has 0 atom stereocenters. The van der Waals surface area contributed by atoms with Crippen LogP contribution in [0.15, 0.2) is 27.3 Å². The first kappa shape index (κ1) is 11.7. The Morgan fingerprint density at radius 1 is 1.25 bits per heavy atom. The lowest BCUT2D eigenvalue weighted by atomic mass is 10.2.